The van der Waals surface area contributed by atoms with E-state index in [1.54, 1.807) is 0 Å². The summed E-state index contributed by atoms with van der Waals surface area (Å²) >= 11 is 0. The molecule has 21 heavy (non-hydrogen) atoms. The van der Waals surface area contributed by atoms with E-state index < -0.39 is 0 Å². The van der Waals surface area contributed by atoms with E-state index in [-0.39, 0.29) is 18.1 Å². The summed E-state index contributed by atoms with van der Waals surface area (Å²) in [5.74, 6) is 0.0335. The minimum atomic E-state index is -0.379. The molecule has 1 aromatic carbocycles. The monoisotopic (exact) mass is 286 g/mol. The number of aromatic nitrogens is 1. The van der Waals surface area contributed by atoms with E-state index in [0.717, 1.165) is 37.6 Å². The van der Waals surface area contributed by atoms with Crippen molar-refractivity contribution in [3.63, 3.8) is 0 Å². The number of carbonyl (C=O) groups is 1. The van der Waals surface area contributed by atoms with Gasteiger partial charge in [-0.15, -0.1) is 0 Å². The highest BCUT2D eigenvalue weighted by molar-refractivity contribution is 5.84. The number of hydrogen-bond donors (Lipinski definition) is 3. The molecule has 0 bridgehead atoms. The molecule has 0 saturated heterocycles. The quantitative estimate of drug-likeness (QED) is 0.808. The maximum atomic E-state index is 12.1. The van der Waals surface area contributed by atoms with Crippen LogP contribution in [-0.4, -0.2) is 28.1 Å². The van der Waals surface area contributed by atoms with Gasteiger partial charge in [0.05, 0.1) is 12.1 Å². The molecule has 112 valence electrons. The second-order valence-corrected chi connectivity index (χ2v) is 5.89. The zero-order valence-corrected chi connectivity index (χ0v) is 12.1. The molecule has 0 radical (unpaired) electrons. The number of aryl methyl sites for hydroxylation is 1. The van der Waals surface area contributed by atoms with Gasteiger partial charge in [0.1, 0.15) is 0 Å². The lowest BCUT2D eigenvalue weighted by Gasteiger charge is -2.28. The molecule has 1 aliphatic rings. The van der Waals surface area contributed by atoms with Gasteiger partial charge in [-0.05, 0) is 30.9 Å². The van der Waals surface area contributed by atoms with Crippen molar-refractivity contribution in [1.82, 2.24) is 10.3 Å². The van der Waals surface area contributed by atoms with Crippen molar-refractivity contribution in [3.05, 3.63) is 36.0 Å². The van der Waals surface area contributed by atoms with Crippen molar-refractivity contribution in [2.45, 2.75) is 50.7 Å². The Morgan fingerprint density at radius 3 is 2.95 bits per heavy atom. The minimum Gasteiger partial charge on any atom is -0.391 e. The van der Waals surface area contributed by atoms with Crippen LogP contribution in [0.3, 0.4) is 0 Å². The second-order valence-electron chi connectivity index (χ2n) is 5.89. The van der Waals surface area contributed by atoms with Gasteiger partial charge in [0.25, 0.3) is 0 Å². The average Bonchev–Trinajstić information content (AvgIpc) is 2.91. The first-order valence-corrected chi connectivity index (χ1v) is 7.76. The van der Waals surface area contributed by atoms with Crippen LogP contribution in [0.25, 0.3) is 10.9 Å². The number of aliphatic hydroxyl groups excluding tert-OH is 1. The van der Waals surface area contributed by atoms with E-state index in [2.05, 4.69) is 16.4 Å². The first kappa shape index (κ1) is 14.1. The van der Waals surface area contributed by atoms with Gasteiger partial charge in [-0.25, -0.2) is 0 Å². The average molecular weight is 286 g/mol. The molecular weight excluding hydrogens is 264 g/mol. The highest BCUT2D eigenvalue weighted by Crippen LogP contribution is 2.20. The zero-order valence-electron chi connectivity index (χ0n) is 12.1. The van der Waals surface area contributed by atoms with Crippen molar-refractivity contribution in [1.29, 1.82) is 0 Å². The number of fused-ring (bicyclic) bond motifs is 1. The Kier molecular flexibility index (Phi) is 4.25. The Labute approximate surface area is 124 Å². The molecule has 3 N–H and O–H groups in total. The summed E-state index contributed by atoms with van der Waals surface area (Å²) in [5, 5.41) is 14.1. The standard InChI is InChI=1S/C17H22N2O2/c20-16-8-4-3-7-15(16)19-17(21)10-9-12-11-18-14-6-2-1-5-13(12)14/h1-2,5-6,11,15-16,18,20H,3-4,7-10H2,(H,19,21)/t15-,16-/m1/s1. The van der Waals surface area contributed by atoms with Crippen LogP contribution in [0, 0.1) is 0 Å². The summed E-state index contributed by atoms with van der Waals surface area (Å²) in [4.78, 5) is 15.3. The number of amides is 1. The number of hydrogen-bond acceptors (Lipinski definition) is 2. The Morgan fingerprint density at radius 2 is 2.10 bits per heavy atom. The summed E-state index contributed by atoms with van der Waals surface area (Å²) in [6.45, 7) is 0. The predicted molar refractivity (Wildman–Crippen MR) is 83.0 cm³/mol. The van der Waals surface area contributed by atoms with Crippen LogP contribution < -0.4 is 5.32 Å². The number of carbonyl (C=O) groups excluding carboxylic acids is 1. The van der Waals surface area contributed by atoms with E-state index in [1.165, 1.54) is 10.9 Å². The molecular formula is C17H22N2O2. The van der Waals surface area contributed by atoms with E-state index >= 15 is 0 Å². The molecule has 1 aliphatic carbocycles. The molecule has 0 aliphatic heterocycles. The zero-order chi connectivity index (χ0) is 14.7. The number of aromatic amines is 1. The Hall–Kier alpha value is -1.81. The topological polar surface area (TPSA) is 65.1 Å². The minimum absolute atomic E-state index is 0.0335. The molecule has 4 nitrogen and oxygen atoms in total. The molecule has 1 heterocycles. The lowest BCUT2D eigenvalue weighted by atomic mass is 9.92. The molecule has 1 amide bonds. The molecule has 0 unspecified atom stereocenters. The van der Waals surface area contributed by atoms with Gasteiger partial charge < -0.3 is 15.4 Å². The van der Waals surface area contributed by atoms with Crippen molar-refractivity contribution in [2.24, 2.45) is 0 Å². The van der Waals surface area contributed by atoms with E-state index in [1.807, 2.05) is 24.4 Å². The third-order valence-electron chi connectivity index (χ3n) is 4.37. The van der Waals surface area contributed by atoms with Crippen LogP contribution in [0.1, 0.15) is 37.7 Å². The maximum absolute atomic E-state index is 12.1. The van der Waals surface area contributed by atoms with E-state index in [9.17, 15) is 9.90 Å². The van der Waals surface area contributed by atoms with Gasteiger partial charge in [0.2, 0.25) is 5.91 Å². The normalized spacial score (nSPS) is 22.3. The van der Waals surface area contributed by atoms with Gasteiger partial charge in [0, 0.05) is 23.5 Å². The predicted octanol–water partition coefficient (Wildman–Crippen LogP) is 2.52. The summed E-state index contributed by atoms with van der Waals surface area (Å²) in [6.07, 6.45) is 6.62. The molecule has 2 atom stereocenters. The number of para-hydroxylation sites is 1. The van der Waals surface area contributed by atoms with Gasteiger partial charge in [-0.1, -0.05) is 31.0 Å². The summed E-state index contributed by atoms with van der Waals surface area (Å²) in [6, 6.07) is 8.06. The molecule has 0 spiro atoms. The van der Waals surface area contributed by atoms with Crippen molar-refractivity contribution in [3.8, 4) is 0 Å². The van der Waals surface area contributed by atoms with Gasteiger partial charge in [-0.3, -0.25) is 4.79 Å². The summed E-state index contributed by atoms with van der Waals surface area (Å²) < 4.78 is 0. The lowest BCUT2D eigenvalue weighted by molar-refractivity contribution is -0.123. The number of aliphatic hydroxyl groups is 1. The van der Waals surface area contributed by atoms with Crippen LogP contribution in [0.15, 0.2) is 30.5 Å². The van der Waals surface area contributed by atoms with E-state index in [0.29, 0.717) is 6.42 Å². The fraction of sp³-hybridized carbons (Fsp3) is 0.471. The maximum Gasteiger partial charge on any atom is 0.220 e. The SMILES string of the molecule is O=C(CCc1c[nH]c2ccccc12)N[C@@H]1CCCC[C@H]1O. The smallest absolute Gasteiger partial charge is 0.220 e. The molecule has 2 aromatic rings. The Morgan fingerprint density at radius 1 is 1.29 bits per heavy atom. The highest BCUT2D eigenvalue weighted by atomic mass is 16.3. The fourth-order valence-electron chi connectivity index (χ4n) is 3.15. The third kappa shape index (κ3) is 3.27. The molecule has 4 heteroatoms. The first-order valence-electron chi connectivity index (χ1n) is 7.76. The van der Waals surface area contributed by atoms with Gasteiger partial charge >= 0.3 is 0 Å². The number of rotatable bonds is 4. The number of benzene rings is 1. The fourth-order valence-corrected chi connectivity index (χ4v) is 3.15. The van der Waals surface area contributed by atoms with Gasteiger partial charge in [-0.2, -0.15) is 0 Å². The van der Waals surface area contributed by atoms with Crippen LogP contribution >= 0.6 is 0 Å². The largest absolute Gasteiger partial charge is 0.391 e. The molecule has 1 saturated carbocycles. The van der Waals surface area contributed by atoms with E-state index in [4.69, 9.17) is 0 Å². The number of H-pyrrole nitrogens is 1. The van der Waals surface area contributed by atoms with Crippen molar-refractivity contribution < 1.29 is 9.90 Å². The van der Waals surface area contributed by atoms with Gasteiger partial charge in [0.15, 0.2) is 0 Å². The first-order chi connectivity index (χ1) is 10.2. The van der Waals surface area contributed by atoms with Crippen LogP contribution in [0.5, 0.6) is 0 Å². The molecule has 1 fully saturated rings. The lowest BCUT2D eigenvalue weighted by Crippen LogP contribution is -2.45. The summed E-state index contributed by atoms with van der Waals surface area (Å²) in [7, 11) is 0. The Bertz CT molecular complexity index is 620. The summed E-state index contributed by atoms with van der Waals surface area (Å²) in [5.41, 5.74) is 2.28. The highest BCUT2D eigenvalue weighted by Gasteiger charge is 2.24. The third-order valence-corrected chi connectivity index (χ3v) is 4.37. The Balaban J connectivity index is 1.56. The van der Waals surface area contributed by atoms with Crippen LogP contribution in [-0.2, 0) is 11.2 Å². The molecule has 1 aromatic heterocycles. The van der Waals surface area contributed by atoms with Crippen molar-refractivity contribution >= 4 is 16.8 Å². The van der Waals surface area contributed by atoms with Crippen molar-refractivity contribution in [2.75, 3.05) is 0 Å². The van der Waals surface area contributed by atoms with Crippen LogP contribution in [0.2, 0.25) is 0 Å². The van der Waals surface area contributed by atoms with Crippen LogP contribution in [0.4, 0.5) is 0 Å². The number of nitrogens with one attached hydrogen (secondary N) is 2. The second kappa shape index (κ2) is 6.31. The molecule has 3 rings (SSSR count).